The van der Waals surface area contributed by atoms with Crippen LogP contribution in [0.4, 0.5) is 13.9 Å². The maximum Gasteiger partial charge on any atom is 0.191 e. The number of hydrogen-bond acceptors (Lipinski definition) is 4. The van der Waals surface area contributed by atoms with Crippen molar-refractivity contribution in [2.45, 2.75) is 13.1 Å². The van der Waals surface area contributed by atoms with Gasteiger partial charge in [-0.2, -0.15) is 0 Å². The number of guanidine groups is 1. The van der Waals surface area contributed by atoms with Crippen LogP contribution in [0.3, 0.4) is 0 Å². The third-order valence-corrected chi connectivity index (χ3v) is 4.09. The van der Waals surface area contributed by atoms with Gasteiger partial charge < -0.3 is 15.5 Å². The van der Waals surface area contributed by atoms with E-state index in [9.17, 15) is 8.78 Å². The van der Waals surface area contributed by atoms with Gasteiger partial charge in [0, 0.05) is 38.6 Å². The van der Waals surface area contributed by atoms with Crippen molar-refractivity contribution in [3.8, 4) is 0 Å². The van der Waals surface area contributed by atoms with Crippen molar-refractivity contribution in [2.24, 2.45) is 4.99 Å². The summed E-state index contributed by atoms with van der Waals surface area (Å²) in [7, 11) is 5.48. The molecular formula is C15H19F2N5S. The van der Waals surface area contributed by atoms with Gasteiger partial charge in [-0.3, -0.25) is 4.99 Å². The van der Waals surface area contributed by atoms with E-state index in [0.29, 0.717) is 12.5 Å². The predicted octanol–water partition coefficient (Wildman–Crippen LogP) is 2.35. The van der Waals surface area contributed by atoms with Crippen LogP contribution in [0.2, 0.25) is 0 Å². The van der Waals surface area contributed by atoms with Gasteiger partial charge in [-0.15, -0.1) is 11.3 Å². The van der Waals surface area contributed by atoms with E-state index >= 15 is 0 Å². The molecule has 0 spiro atoms. The summed E-state index contributed by atoms with van der Waals surface area (Å²) in [5.74, 6) is -0.428. The highest BCUT2D eigenvalue weighted by atomic mass is 32.1. The number of anilines is 1. The lowest BCUT2D eigenvalue weighted by atomic mass is 10.2. The van der Waals surface area contributed by atoms with Crippen molar-refractivity contribution < 1.29 is 8.78 Å². The van der Waals surface area contributed by atoms with Crippen LogP contribution < -0.4 is 15.5 Å². The Morgan fingerprint density at radius 1 is 1.26 bits per heavy atom. The maximum atomic E-state index is 13.6. The summed E-state index contributed by atoms with van der Waals surface area (Å²) in [6.45, 7) is 0.638. The Morgan fingerprint density at radius 3 is 2.65 bits per heavy atom. The molecule has 0 amide bonds. The molecule has 2 rings (SSSR count). The molecule has 0 bridgehead atoms. The van der Waals surface area contributed by atoms with Gasteiger partial charge in [0.2, 0.25) is 0 Å². The topological polar surface area (TPSA) is 52.6 Å². The van der Waals surface area contributed by atoms with Crippen molar-refractivity contribution in [1.29, 1.82) is 0 Å². The van der Waals surface area contributed by atoms with Crippen LogP contribution in [0.25, 0.3) is 0 Å². The molecule has 0 unspecified atom stereocenters. The lowest BCUT2D eigenvalue weighted by Crippen LogP contribution is -2.36. The predicted molar refractivity (Wildman–Crippen MR) is 89.8 cm³/mol. The van der Waals surface area contributed by atoms with Crippen molar-refractivity contribution >= 4 is 22.4 Å². The standard InChI is InChI=1S/C15H19F2N5S/c1-18-14(19-7-10-6-11(16)4-5-13(10)17)20-8-12-9-23-15(21-12)22(2)3/h4-6,9H,7-8H2,1-3H3,(H2,18,19,20). The van der Waals surface area contributed by atoms with Crippen molar-refractivity contribution in [3.63, 3.8) is 0 Å². The fraction of sp³-hybridized carbons (Fsp3) is 0.333. The molecule has 124 valence electrons. The summed E-state index contributed by atoms with van der Waals surface area (Å²) in [6.07, 6.45) is 0. The van der Waals surface area contributed by atoms with Crippen LogP contribution >= 0.6 is 11.3 Å². The third kappa shape index (κ3) is 4.88. The normalized spacial score (nSPS) is 11.4. The summed E-state index contributed by atoms with van der Waals surface area (Å²) < 4.78 is 26.7. The average Bonchev–Trinajstić information content (AvgIpc) is 3.00. The van der Waals surface area contributed by atoms with Crippen LogP contribution in [-0.4, -0.2) is 32.1 Å². The number of hydrogen-bond donors (Lipinski definition) is 2. The summed E-state index contributed by atoms with van der Waals surface area (Å²) >= 11 is 1.55. The molecule has 1 aromatic carbocycles. The highest BCUT2D eigenvalue weighted by molar-refractivity contribution is 7.13. The zero-order chi connectivity index (χ0) is 16.8. The molecular weight excluding hydrogens is 320 g/mol. The van der Waals surface area contributed by atoms with Gasteiger partial charge in [0.15, 0.2) is 11.1 Å². The molecule has 0 aliphatic rings. The highest BCUT2D eigenvalue weighted by Crippen LogP contribution is 2.17. The fourth-order valence-electron chi connectivity index (χ4n) is 1.84. The molecule has 0 atom stereocenters. The van der Waals surface area contributed by atoms with Crippen LogP contribution in [-0.2, 0) is 13.1 Å². The summed E-state index contributed by atoms with van der Waals surface area (Å²) in [5, 5.41) is 8.92. The Hall–Kier alpha value is -2.22. The van der Waals surface area contributed by atoms with Crippen LogP contribution in [0.5, 0.6) is 0 Å². The Bertz CT molecular complexity index is 684. The Kier molecular flexibility index (Phi) is 5.86. The van der Waals surface area contributed by atoms with Crippen LogP contribution in [0.1, 0.15) is 11.3 Å². The quantitative estimate of drug-likeness (QED) is 0.649. The first-order chi connectivity index (χ1) is 11.0. The zero-order valence-electron chi connectivity index (χ0n) is 13.2. The summed E-state index contributed by atoms with van der Waals surface area (Å²) in [4.78, 5) is 10.4. The first-order valence-electron chi connectivity index (χ1n) is 6.99. The minimum atomic E-state index is -0.468. The van der Waals surface area contributed by atoms with Gasteiger partial charge in [0.1, 0.15) is 11.6 Å². The first-order valence-corrected chi connectivity index (χ1v) is 7.87. The fourth-order valence-corrected chi connectivity index (χ4v) is 2.59. The first kappa shape index (κ1) is 17.1. The van der Waals surface area contributed by atoms with Gasteiger partial charge in [-0.1, -0.05) is 0 Å². The van der Waals surface area contributed by atoms with Crippen LogP contribution in [0.15, 0.2) is 28.6 Å². The Labute approximate surface area is 138 Å². The number of aliphatic imine (C=N–C) groups is 1. The molecule has 0 aliphatic heterocycles. The second kappa shape index (κ2) is 7.87. The number of benzene rings is 1. The van der Waals surface area contributed by atoms with Gasteiger partial charge in [-0.25, -0.2) is 13.8 Å². The minimum Gasteiger partial charge on any atom is -0.354 e. The lowest BCUT2D eigenvalue weighted by molar-refractivity contribution is 0.581. The van der Waals surface area contributed by atoms with E-state index in [0.717, 1.165) is 23.0 Å². The Balaban J connectivity index is 1.89. The van der Waals surface area contributed by atoms with Crippen molar-refractivity contribution in [2.75, 3.05) is 26.0 Å². The molecule has 1 heterocycles. The number of nitrogens with one attached hydrogen (secondary N) is 2. The molecule has 2 aromatic rings. The molecule has 5 nitrogen and oxygen atoms in total. The smallest absolute Gasteiger partial charge is 0.191 e. The summed E-state index contributed by atoms with van der Waals surface area (Å²) in [6, 6.07) is 3.37. The molecule has 1 aromatic heterocycles. The SMILES string of the molecule is CN=C(NCc1csc(N(C)C)n1)NCc1cc(F)ccc1F. The monoisotopic (exact) mass is 339 g/mol. The molecule has 23 heavy (non-hydrogen) atoms. The Morgan fingerprint density at radius 2 is 2.00 bits per heavy atom. The zero-order valence-corrected chi connectivity index (χ0v) is 14.0. The number of rotatable bonds is 5. The van der Waals surface area contributed by atoms with E-state index < -0.39 is 11.6 Å². The van der Waals surface area contributed by atoms with E-state index in [1.807, 2.05) is 24.4 Å². The number of nitrogens with zero attached hydrogens (tertiary/aromatic N) is 3. The second-order valence-electron chi connectivity index (χ2n) is 5.03. The van der Waals surface area contributed by atoms with E-state index in [4.69, 9.17) is 0 Å². The number of thiazole rings is 1. The lowest BCUT2D eigenvalue weighted by Gasteiger charge is -2.11. The average molecular weight is 339 g/mol. The largest absolute Gasteiger partial charge is 0.354 e. The van der Waals surface area contributed by atoms with E-state index in [2.05, 4.69) is 20.6 Å². The van der Waals surface area contributed by atoms with Gasteiger partial charge in [0.25, 0.3) is 0 Å². The number of halogens is 2. The molecule has 8 heteroatoms. The van der Waals surface area contributed by atoms with Crippen molar-refractivity contribution in [1.82, 2.24) is 15.6 Å². The van der Waals surface area contributed by atoms with Gasteiger partial charge in [-0.05, 0) is 18.2 Å². The number of aromatic nitrogens is 1. The molecule has 2 N–H and O–H groups in total. The van der Waals surface area contributed by atoms with E-state index in [1.165, 1.54) is 6.07 Å². The molecule has 0 fully saturated rings. The highest BCUT2D eigenvalue weighted by Gasteiger charge is 2.07. The second-order valence-corrected chi connectivity index (χ2v) is 5.87. The van der Waals surface area contributed by atoms with Crippen molar-refractivity contribution in [3.05, 3.63) is 46.5 Å². The third-order valence-electron chi connectivity index (χ3n) is 3.04. The summed E-state index contributed by atoms with van der Waals surface area (Å²) in [5.41, 5.74) is 1.13. The minimum absolute atomic E-state index is 0.142. The molecule has 0 saturated heterocycles. The van der Waals surface area contributed by atoms with Crippen LogP contribution in [0, 0.1) is 11.6 Å². The van der Waals surface area contributed by atoms with Gasteiger partial charge in [0.05, 0.1) is 12.2 Å². The molecule has 0 aliphatic carbocycles. The van der Waals surface area contributed by atoms with Gasteiger partial charge >= 0.3 is 0 Å². The molecule has 0 saturated carbocycles. The van der Waals surface area contributed by atoms with E-state index in [-0.39, 0.29) is 12.1 Å². The van der Waals surface area contributed by atoms with E-state index in [1.54, 1.807) is 18.4 Å². The maximum absolute atomic E-state index is 13.6. The molecule has 0 radical (unpaired) electrons.